The number of hydrogen-bond donors (Lipinski definition) is 2. The van der Waals surface area contributed by atoms with E-state index in [0.717, 1.165) is 11.1 Å². The minimum atomic E-state index is -0.371. The predicted molar refractivity (Wildman–Crippen MR) is 108 cm³/mol. The number of nitrogens with zero attached hydrogens (tertiary/aromatic N) is 1. The van der Waals surface area contributed by atoms with Crippen molar-refractivity contribution in [1.29, 1.82) is 0 Å². The molecule has 1 aromatic heterocycles. The van der Waals surface area contributed by atoms with Gasteiger partial charge in [-0.15, -0.1) is 0 Å². The third-order valence-electron chi connectivity index (χ3n) is 4.10. The fraction of sp³-hybridized carbons (Fsp3) is 0.286. The van der Waals surface area contributed by atoms with Crippen molar-refractivity contribution in [3.8, 4) is 5.75 Å². The molecular formula is C21H23N3O4. The fourth-order valence-electron chi connectivity index (χ4n) is 2.80. The van der Waals surface area contributed by atoms with E-state index in [2.05, 4.69) is 29.5 Å². The predicted octanol–water partition coefficient (Wildman–Crippen LogP) is 4.24. The van der Waals surface area contributed by atoms with Crippen LogP contribution in [-0.4, -0.2) is 23.4 Å². The molecule has 3 rings (SSSR count). The third-order valence-corrected chi connectivity index (χ3v) is 4.10. The summed E-state index contributed by atoms with van der Waals surface area (Å²) in [5.41, 5.74) is 3.74. The number of carbonyl (C=O) groups is 2. The van der Waals surface area contributed by atoms with Crippen LogP contribution in [0.15, 0.2) is 40.8 Å². The molecule has 0 atom stereocenters. The number of fused-ring (bicyclic) bond motifs is 1. The lowest BCUT2D eigenvalue weighted by atomic mass is 10.0. The van der Waals surface area contributed by atoms with Gasteiger partial charge >= 0.3 is 6.01 Å². The Morgan fingerprint density at radius 3 is 2.64 bits per heavy atom. The van der Waals surface area contributed by atoms with Crippen LogP contribution in [0.25, 0.3) is 11.1 Å². The summed E-state index contributed by atoms with van der Waals surface area (Å²) in [5, 5.41) is 5.27. The van der Waals surface area contributed by atoms with Crippen molar-refractivity contribution in [2.45, 2.75) is 33.6 Å². The first-order valence-corrected chi connectivity index (χ1v) is 9.03. The van der Waals surface area contributed by atoms with E-state index in [4.69, 9.17) is 9.15 Å². The highest BCUT2D eigenvalue weighted by molar-refractivity contribution is 5.93. The van der Waals surface area contributed by atoms with Gasteiger partial charge in [0.25, 0.3) is 5.91 Å². The zero-order valence-corrected chi connectivity index (χ0v) is 16.3. The molecule has 7 nitrogen and oxygen atoms in total. The lowest BCUT2D eigenvalue weighted by Crippen LogP contribution is -2.20. The molecule has 1 heterocycles. The van der Waals surface area contributed by atoms with Gasteiger partial charge < -0.3 is 14.5 Å². The summed E-state index contributed by atoms with van der Waals surface area (Å²) in [4.78, 5) is 27.6. The molecule has 0 fully saturated rings. The van der Waals surface area contributed by atoms with Crippen LogP contribution < -0.4 is 15.4 Å². The summed E-state index contributed by atoms with van der Waals surface area (Å²) >= 11 is 0. The molecular weight excluding hydrogens is 358 g/mol. The van der Waals surface area contributed by atoms with Crippen molar-refractivity contribution in [2.75, 3.05) is 17.2 Å². The Kier molecular flexibility index (Phi) is 5.63. The Hall–Kier alpha value is -3.35. The quantitative estimate of drug-likeness (QED) is 0.666. The van der Waals surface area contributed by atoms with E-state index in [0.29, 0.717) is 22.5 Å². The molecule has 0 aliphatic rings. The zero-order chi connectivity index (χ0) is 20.3. The number of aromatic nitrogens is 1. The summed E-state index contributed by atoms with van der Waals surface area (Å²) in [5.74, 6) is 0.433. The topological polar surface area (TPSA) is 93.5 Å². The van der Waals surface area contributed by atoms with Crippen molar-refractivity contribution in [3.63, 3.8) is 0 Å². The number of hydrogen-bond acceptors (Lipinski definition) is 5. The number of rotatable bonds is 6. The highest BCUT2D eigenvalue weighted by atomic mass is 16.5. The molecule has 28 heavy (non-hydrogen) atoms. The van der Waals surface area contributed by atoms with E-state index in [1.54, 1.807) is 18.2 Å². The van der Waals surface area contributed by atoms with Crippen LogP contribution in [0.5, 0.6) is 5.75 Å². The van der Waals surface area contributed by atoms with Crippen molar-refractivity contribution in [1.82, 2.24) is 4.98 Å². The third kappa shape index (κ3) is 4.68. The number of carbonyl (C=O) groups excluding carboxylic acids is 2. The van der Waals surface area contributed by atoms with Crippen LogP contribution in [0, 0.1) is 6.92 Å². The molecule has 2 N–H and O–H groups in total. The van der Waals surface area contributed by atoms with Crippen LogP contribution in [0.3, 0.4) is 0 Å². The Bertz CT molecular complexity index is 1020. The Morgan fingerprint density at radius 1 is 1.14 bits per heavy atom. The van der Waals surface area contributed by atoms with Crippen LogP contribution >= 0.6 is 0 Å². The summed E-state index contributed by atoms with van der Waals surface area (Å²) in [6.07, 6.45) is 0. The highest BCUT2D eigenvalue weighted by Crippen LogP contribution is 2.27. The van der Waals surface area contributed by atoms with Crippen molar-refractivity contribution >= 4 is 34.6 Å². The molecule has 2 aromatic carbocycles. The van der Waals surface area contributed by atoms with E-state index in [-0.39, 0.29) is 30.4 Å². The average molecular weight is 381 g/mol. The van der Waals surface area contributed by atoms with Gasteiger partial charge in [-0.1, -0.05) is 26.0 Å². The molecule has 146 valence electrons. The molecule has 7 heteroatoms. The molecule has 0 saturated heterocycles. The molecule has 0 saturated carbocycles. The van der Waals surface area contributed by atoms with Gasteiger partial charge in [-0.05, 0) is 42.2 Å². The molecule has 0 spiro atoms. The van der Waals surface area contributed by atoms with E-state index in [9.17, 15) is 9.59 Å². The van der Waals surface area contributed by atoms with Crippen molar-refractivity contribution in [2.24, 2.45) is 0 Å². The van der Waals surface area contributed by atoms with Gasteiger partial charge in [0.05, 0.1) is 0 Å². The molecule has 3 aromatic rings. The van der Waals surface area contributed by atoms with E-state index in [1.807, 2.05) is 25.1 Å². The van der Waals surface area contributed by atoms with Gasteiger partial charge in [0, 0.05) is 18.7 Å². The number of aryl methyl sites for hydroxylation is 1. The SMILES string of the molecule is CC(=O)Nc1ccc2nc(NC(=O)COc3cc(C)ccc3C(C)C)oc2c1. The van der Waals surface area contributed by atoms with E-state index in [1.165, 1.54) is 6.92 Å². The number of nitrogens with one attached hydrogen (secondary N) is 2. The van der Waals surface area contributed by atoms with Gasteiger partial charge in [-0.25, -0.2) is 0 Å². The first-order chi connectivity index (χ1) is 13.3. The fourth-order valence-corrected chi connectivity index (χ4v) is 2.80. The van der Waals surface area contributed by atoms with E-state index >= 15 is 0 Å². The maximum absolute atomic E-state index is 12.2. The van der Waals surface area contributed by atoms with Gasteiger partial charge in [0.2, 0.25) is 5.91 Å². The Labute approximate surface area is 163 Å². The second-order valence-corrected chi connectivity index (χ2v) is 6.92. The smallest absolute Gasteiger partial charge is 0.302 e. The molecule has 2 amide bonds. The van der Waals surface area contributed by atoms with E-state index < -0.39 is 0 Å². The van der Waals surface area contributed by atoms with Gasteiger partial charge in [0.1, 0.15) is 11.3 Å². The van der Waals surface area contributed by atoms with Crippen LogP contribution in [0.1, 0.15) is 37.8 Å². The van der Waals surface area contributed by atoms with Gasteiger partial charge in [-0.2, -0.15) is 4.98 Å². The summed E-state index contributed by atoms with van der Waals surface area (Å²) in [6, 6.07) is 11.1. The van der Waals surface area contributed by atoms with Crippen LogP contribution in [0.4, 0.5) is 11.7 Å². The lowest BCUT2D eigenvalue weighted by molar-refractivity contribution is -0.118. The molecule has 0 unspecified atom stereocenters. The zero-order valence-electron chi connectivity index (χ0n) is 16.3. The molecule has 0 bridgehead atoms. The summed E-state index contributed by atoms with van der Waals surface area (Å²) in [7, 11) is 0. The van der Waals surface area contributed by atoms with Gasteiger partial charge in [-0.3, -0.25) is 14.9 Å². The summed E-state index contributed by atoms with van der Waals surface area (Å²) in [6.45, 7) is 7.40. The van der Waals surface area contributed by atoms with Gasteiger partial charge in [0.15, 0.2) is 12.2 Å². The maximum Gasteiger partial charge on any atom is 0.302 e. The normalized spacial score (nSPS) is 10.9. The highest BCUT2D eigenvalue weighted by Gasteiger charge is 2.13. The average Bonchev–Trinajstić information content (AvgIpc) is 3.00. The second-order valence-electron chi connectivity index (χ2n) is 6.92. The number of anilines is 2. The standard InChI is InChI=1S/C21H23N3O4/c1-12(2)16-7-5-13(3)9-18(16)27-11-20(26)24-21-23-17-8-6-15(22-14(4)25)10-19(17)28-21/h5-10,12H,11H2,1-4H3,(H,22,25)(H,23,24,26). The molecule has 0 radical (unpaired) electrons. The minimum Gasteiger partial charge on any atom is -0.483 e. The Morgan fingerprint density at radius 2 is 1.93 bits per heavy atom. The second kappa shape index (κ2) is 8.12. The molecule has 0 aliphatic carbocycles. The number of amides is 2. The van der Waals surface area contributed by atoms with Crippen LogP contribution in [0.2, 0.25) is 0 Å². The molecule has 0 aliphatic heterocycles. The summed E-state index contributed by atoms with van der Waals surface area (Å²) < 4.78 is 11.3. The number of benzene rings is 2. The maximum atomic E-state index is 12.2. The first kappa shape index (κ1) is 19.4. The Balaban J connectivity index is 1.67. The minimum absolute atomic E-state index is 0.0805. The number of oxazole rings is 1. The lowest BCUT2D eigenvalue weighted by Gasteiger charge is -2.14. The monoisotopic (exact) mass is 381 g/mol. The van der Waals surface area contributed by atoms with Crippen LogP contribution in [-0.2, 0) is 9.59 Å². The van der Waals surface area contributed by atoms with Crippen molar-refractivity contribution < 1.29 is 18.7 Å². The van der Waals surface area contributed by atoms with Crippen molar-refractivity contribution in [3.05, 3.63) is 47.5 Å². The first-order valence-electron chi connectivity index (χ1n) is 9.03. The largest absolute Gasteiger partial charge is 0.483 e. The number of ether oxygens (including phenoxy) is 1.